The zero-order valence-corrected chi connectivity index (χ0v) is 13.5. The van der Waals surface area contributed by atoms with E-state index >= 15 is 0 Å². The monoisotopic (exact) mass is 318 g/mol. The lowest BCUT2D eigenvalue weighted by Gasteiger charge is -2.22. The maximum atomic E-state index is 12.1. The highest BCUT2D eigenvalue weighted by molar-refractivity contribution is 7.89. The predicted molar refractivity (Wildman–Crippen MR) is 77.4 cm³/mol. The highest BCUT2D eigenvalue weighted by Gasteiger charge is 2.28. The number of ether oxygens (including phenoxy) is 1. The van der Waals surface area contributed by atoms with Crippen molar-refractivity contribution < 1.29 is 17.9 Å². The smallest absolute Gasteiger partial charge is 0.273 e. The molecule has 9 heteroatoms. The summed E-state index contributed by atoms with van der Waals surface area (Å²) in [5.41, 5.74) is -0.441. The standard InChI is InChI=1S/C12H22N4O4S/c1-5-6-8-10(21(13,18)19)9(16-15-8)11(17)14-7-12(2,3)20-4/h5-7H2,1-4H3,(H,14,17)(H,15,16)(H2,13,18,19). The van der Waals surface area contributed by atoms with Crippen LogP contribution in [-0.2, 0) is 21.2 Å². The van der Waals surface area contributed by atoms with Crippen LogP contribution >= 0.6 is 0 Å². The van der Waals surface area contributed by atoms with Crippen molar-refractivity contribution in [1.82, 2.24) is 15.5 Å². The van der Waals surface area contributed by atoms with Gasteiger partial charge in [-0.05, 0) is 20.3 Å². The molecule has 0 aromatic carbocycles. The summed E-state index contributed by atoms with van der Waals surface area (Å²) in [4.78, 5) is 11.9. The molecule has 1 rings (SSSR count). The van der Waals surface area contributed by atoms with Gasteiger partial charge in [-0.1, -0.05) is 13.3 Å². The first-order valence-corrected chi connectivity index (χ1v) is 8.10. The molecule has 0 aliphatic carbocycles. The first-order chi connectivity index (χ1) is 9.62. The van der Waals surface area contributed by atoms with E-state index in [-0.39, 0.29) is 17.1 Å². The number of hydrogen-bond acceptors (Lipinski definition) is 5. The lowest BCUT2D eigenvalue weighted by molar-refractivity contribution is 0.0228. The number of nitrogens with zero attached hydrogens (tertiary/aromatic N) is 1. The van der Waals surface area contributed by atoms with E-state index in [1.807, 2.05) is 6.92 Å². The quantitative estimate of drug-likeness (QED) is 0.660. The normalized spacial score (nSPS) is 12.4. The van der Waals surface area contributed by atoms with Crippen molar-refractivity contribution in [2.24, 2.45) is 5.14 Å². The number of methoxy groups -OCH3 is 1. The van der Waals surface area contributed by atoms with E-state index in [4.69, 9.17) is 9.88 Å². The molecule has 1 aromatic heterocycles. The predicted octanol–water partition coefficient (Wildman–Crippen LogP) is 0.164. The maximum absolute atomic E-state index is 12.1. The lowest BCUT2D eigenvalue weighted by atomic mass is 10.1. The molecular formula is C12H22N4O4S. The number of nitrogens with two attached hydrogens (primary N) is 1. The van der Waals surface area contributed by atoms with Gasteiger partial charge in [0.05, 0.1) is 11.3 Å². The van der Waals surface area contributed by atoms with E-state index < -0.39 is 21.5 Å². The minimum atomic E-state index is -4.03. The molecule has 0 aliphatic rings. The number of amides is 1. The molecule has 0 fully saturated rings. The van der Waals surface area contributed by atoms with Gasteiger partial charge in [0.15, 0.2) is 5.69 Å². The van der Waals surface area contributed by atoms with Gasteiger partial charge in [0, 0.05) is 13.7 Å². The summed E-state index contributed by atoms with van der Waals surface area (Å²) in [6.07, 6.45) is 1.14. The molecule has 0 atom stereocenters. The Morgan fingerprint density at radius 3 is 2.57 bits per heavy atom. The molecule has 4 N–H and O–H groups in total. The Labute approximate surface area is 124 Å². The van der Waals surface area contributed by atoms with E-state index in [2.05, 4.69) is 15.5 Å². The van der Waals surface area contributed by atoms with Crippen LogP contribution in [0.5, 0.6) is 0 Å². The van der Waals surface area contributed by atoms with E-state index in [0.717, 1.165) is 0 Å². The fourth-order valence-corrected chi connectivity index (χ4v) is 2.60. The third-order valence-corrected chi connectivity index (χ3v) is 4.03. The Morgan fingerprint density at radius 2 is 2.10 bits per heavy atom. The van der Waals surface area contributed by atoms with Crippen molar-refractivity contribution >= 4 is 15.9 Å². The topological polar surface area (TPSA) is 127 Å². The summed E-state index contributed by atoms with van der Waals surface area (Å²) < 4.78 is 28.6. The molecule has 1 amide bonds. The van der Waals surface area contributed by atoms with Crippen LogP contribution in [0.2, 0.25) is 0 Å². The number of sulfonamides is 1. The van der Waals surface area contributed by atoms with Crippen molar-refractivity contribution in [3.63, 3.8) is 0 Å². The van der Waals surface area contributed by atoms with Gasteiger partial charge < -0.3 is 10.1 Å². The second kappa shape index (κ2) is 6.54. The molecule has 0 unspecified atom stereocenters. The summed E-state index contributed by atoms with van der Waals surface area (Å²) in [6.45, 7) is 5.68. The molecular weight excluding hydrogens is 296 g/mol. The van der Waals surface area contributed by atoms with Gasteiger partial charge in [-0.2, -0.15) is 5.10 Å². The lowest BCUT2D eigenvalue weighted by Crippen LogP contribution is -2.40. The molecule has 0 bridgehead atoms. The fourth-order valence-electron chi connectivity index (χ4n) is 1.70. The minimum absolute atomic E-state index is 0.211. The van der Waals surface area contributed by atoms with Crippen LogP contribution in [0.1, 0.15) is 43.4 Å². The van der Waals surface area contributed by atoms with Crippen LogP contribution in [0, 0.1) is 0 Å². The Kier molecular flexibility index (Phi) is 5.48. The highest BCUT2D eigenvalue weighted by atomic mass is 32.2. The minimum Gasteiger partial charge on any atom is -0.377 e. The zero-order valence-electron chi connectivity index (χ0n) is 12.7. The van der Waals surface area contributed by atoms with Crippen LogP contribution < -0.4 is 10.5 Å². The van der Waals surface area contributed by atoms with Gasteiger partial charge in [-0.25, -0.2) is 13.6 Å². The Hall–Kier alpha value is -1.45. The van der Waals surface area contributed by atoms with E-state index in [1.54, 1.807) is 13.8 Å². The molecule has 0 radical (unpaired) electrons. The van der Waals surface area contributed by atoms with Crippen molar-refractivity contribution in [2.45, 2.75) is 44.1 Å². The highest BCUT2D eigenvalue weighted by Crippen LogP contribution is 2.18. The van der Waals surface area contributed by atoms with Crippen molar-refractivity contribution in [3.05, 3.63) is 11.4 Å². The molecule has 0 saturated carbocycles. The molecule has 8 nitrogen and oxygen atoms in total. The second-order valence-corrected chi connectivity index (χ2v) is 6.82. The fraction of sp³-hybridized carbons (Fsp3) is 0.667. The summed E-state index contributed by atoms with van der Waals surface area (Å²) in [5, 5.41) is 14.1. The molecule has 0 saturated heterocycles. The van der Waals surface area contributed by atoms with Crippen LogP contribution in [0.3, 0.4) is 0 Å². The van der Waals surface area contributed by atoms with Gasteiger partial charge in [-0.3, -0.25) is 9.89 Å². The van der Waals surface area contributed by atoms with Gasteiger partial charge >= 0.3 is 0 Å². The molecule has 0 aliphatic heterocycles. The third kappa shape index (κ3) is 4.51. The number of aryl methyl sites for hydroxylation is 1. The number of H-pyrrole nitrogens is 1. The first kappa shape index (κ1) is 17.6. The number of aromatic nitrogens is 2. The van der Waals surface area contributed by atoms with Crippen LogP contribution in [0.4, 0.5) is 0 Å². The summed E-state index contributed by atoms with van der Waals surface area (Å²) >= 11 is 0. The van der Waals surface area contributed by atoms with E-state index in [9.17, 15) is 13.2 Å². The Balaban J connectivity index is 3.05. The Morgan fingerprint density at radius 1 is 1.48 bits per heavy atom. The molecule has 120 valence electrons. The summed E-state index contributed by atoms with van der Waals surface area (Å²) in [7, 11) is -2.51. The van der Waals surface area contributed by atoms with Crippen LogP contribution in [-0.4, -0.2) is 43.8 Å². The molecule has 0 spiro atoms. The van der Waals surface area contributed by atoms with E-state index in [1.165, 1.54) is 7.11 Å². The Bertz CT molecular complexity index is 607. The van der Waals surface area contributed by atoms with Gasteiger partial charge in [0.1, 0.15) is 4.90 Å². The molecule has 1 aromatic rings. The molecule has 1 heterocycles. The number of carbonyl (C=O) groups excluding carboxylic acids is 1. The molecule has 21 heavy (non-hydrogen) atoms. The van der Waals surface area contributed by atoms with Crippen LogP contribution in [0.15, 0.2) is 4.90 Å². The van der Waals surface area contributed by atoms with Crippen molar-refractivity contribution in [3.8, 4) is 0 Å². The van der Waals surface area contributed by atoms with Gasteiger partial charge in [0.25, 0.3) is 5.91 Å². The summed E-state index contributed by atoms with van der Waals surface area (Å²) in [5.74, 6) is -0.609. The average molecular weight is 318 g/mol. The number of carbonyl (C=O) groups is 1. The first-order valence-electron chi connectivity index (χ1n) is 6.55. The zero-order chi connectivity index (χ0) is 16.3. The SMILES string of the molecule is CCCc1[nH]nc(C(=O)NCC(C)(C)OC)c1S(N)(=O)=O. The van der Waals surface area contributed by atoms with E-state index in [0.29, 0.717) is 18.5 Å². The third-order valence-electron chi connectivity index (χ3n) is 3.02. The van der Waals surface area contributed by atoms with Crippen LogP contribution in [0.25, 0.3) is 0 Å². The number of aromatic amines is 1. The van der Waals surface area contributed by atoms with Crippen molar-refractivity contribution in [2.75, 3.05) is 13.7 Å². The van der Waals surface area contributed by atoms with Crippen molar-refractivity contribution in [1.29, 1.82) is 0 Å². The van der Waals surface area contributed by atoms with Gasteiger partial charge in [0.2, 0.25) is 10.0 Å². The average Bonchev–Trinajstić information content (AvgIpc) is 2.80. The number of nitrogens with one attached hydrogen (secondary N) is 2. The number of hydrogen-bond donors (Lipinski definition) is 3. The van der Waals surface area contributed by atoms with Gasteiger partial charge in [-0.15, -0.1) is 0 Å². The number of rotatable bonds is 7. The maximum Gasteiger partial charge on any atom is 0.273 e. The number of primary sulfonamides is 1. The largest absolute Gasteiger partial charge is 0.377 e. The second-order valence-electron chi connectivity index (χ2n) is 5.32. The summed E-state index contributed by atoms with van der Waals surface area (Å²) in [6, 6.07) is 0.